The highest BCUT2D eigenvalue weighted by Crippen LogP contribution is 2.33. The maximum atomic E-state index is 12.6. The van der Waals surface area contributed by atoms with Crippen molar-refractivity contribution < 1.29 is 14.3 Å². The zero-order valence-corrected chi connectivity index (χ0v) is 13.0. The van der Waals surface area contributed by atoms with Crippen molar-refractivity contribution in [3.63, 3.8) is 0 Å². The highest BCUT2D eigenvalue weighted by molar-refractivity contribution is 5.79. The second-order valence-electron chi connectivity index (χ2n) is 5.44. The first-order valence-corrected chi connectivity index (χ1v) is 7.65. The Hall–Kier alpha value is -2.41. The maximum absolute atomic E-state index is 12.6. The zero-order chi connectivity index (χ0) is 16.1. The van der Waals surface area contributed by atoms with Gasteiger partial charge in [0.2, 0.25) is 5.91 Å². The Morgan fingerprint density at radius 1 is 1.57 bits per heavy atom. The Balaban J connectivity index is 1.66. The van der Waals surface area contributed by atoms with E-state index in [9.17, 15) is 4.79 Å². The summed E-state index contributed by atoms with van der Waals surface area (Å²) in [6.07, 6.45) is 6.58. The molecule has 122 valence electrons. The predicted octanol–water partition coefficient (Wildman–Crippen LogP) is 1.60. The molecule has 0 aliphatic carbocycles. The quantitative estimate of drug-likeness (QED) is 0.874. The minimum absolute atomic E-state index is 0.0383. The highest BCUT2D eigenvalue weighted by atomic mass is 16.5. The van der Waals surface area contributed by atoms with E-state index >= 15 is 0 Å². The van der Waals surface area contributed by atoms with Crippen LogP contribution in [0.15, 0.2) is 30.7 Å². The van der Waals surface area contributed by atoms with Gasteiger partial charge in [0, 0.05) is 24.6 Å². The summed E-state index contributed by atoms with van der Waals surface area (Å²) in [5, 5.41) is 9.66. The smallest absolute Gasteiger partial charge is 0.226 e. The predicted molar refractivity (Wildman–Crippen MR) is 82.6 cm³/mol. The number of methoxy groups -OCH3 is 1. The van der Waals surface area contributed by atoms with Crippen LogP contribution >= 0.6 is 0 Å². The van der Waals surface area contributed by atoms with Crippen molar-refractivity contribution in [2.45, 2.75) is 25.5 Å². The molecule has 0 spiro atoms. The summed E-state index contributed by atoms with van der Waals surface area (Å²) in [5.41, 5.74) is 1.61. The molecule has 3 rings (SSSR count). The van der Waals surface area contributed by atoms with Gasteiger partial charge < -0.3 is 14.8 Å². The Kier molecular flexibility index (Phi) is 4.87. The number of nitrogens with one attached hydrogen (secondary N) is 2. The summed E-state index contributed by atoms with van der Waals surface area (Å²) in [7, 11) is 1.59. The van der Waals surface area contributed by atoms with Crippen LogP contribution in [0.3, 0.4) is 0 Å². The van der Waals surface area contributed by atoms with Gasteiger partial charge in [-0.15, -0.1) is 0 Å². The molecular weight excluding hydrogens is 296 g/mol. The lowest BCUT2D eigenvalue weighted by atomic mass is 9.90. The van der Waals surface area contributed by atoms with Gasteiger partial charge in [-0.25, -0.2) is 0 Å². The van der Waals surface area contributed by atoms with Crippen molar-refractivity contribution in [2.75, 3.05) is 13.7 Å². The number of carbonyl (C=O) groups excluding carboxylic acids is 1. The molecular formula is C16H20N4O3. The van der Waals surface area contributed by atoms with Crippen LogP contribution < -0.4 is 10.1 Å². The molecule has 2 N–H and O–H groups in total. The van der Waals surface area contributed by atoms with Gasteiger partial charge in [0.1, 0.15) is 11.4 Å². The molecule has 2 aromatic heterocycles. The van der Waals surface area contributed by atoms with E-state index in [0.29, 0.717) is 24.6 Å². The van der Waals surface area contributed by atoms with Crippen LogP contribution in [0, 0.1) is 5.92 Å². The van der Waals surface area contributed by atoms with Gasteiger partial charge in [-0.05, 0) is 25.0 Å². The van der Waals surface area contributed by atoms with Crippen molar-refractivity contribution in [1.29, 1.82) is 0 Å². The van der Waals surface area contributed by atoms with E-state index in [1.165, 1.54) is 0 Å². The van der Waals surface area contributed by atoms with Gasteiger partial charge in [0.15, 0.2) is 0 Å². The van der Waals surface area contributed by atoms with Crippen molar-refractivity contribution in [1.82, 2.24) is 20.5 Å². The van der Waals surface area contributed by atoms with Crippen molar-refractivity contribution >= 4 is 5.91 Å². The molecule has 3 heterocycles. The summed E-state index contributed by atoms with van der Waals surface area (Å²) in [4.78, 5) is 16.8. The van der Waals surface area contributed by atoms with Gasteiger partial charge in [-0.2, -0.15) is 5.10 Å². The second kappa shape index (κ2) is 7.23. The number of hydrogen-bond acceptors (Lipinski definition) is 5. The van der Waals surface area contributed by atoms with Gasteiger partial charge in [0.25, 0.3) is 0 Å². The number of nitrogens with zero attached hydrogens (tertiary/aromatic N) is 2. The number of carbonyl (C=O) groups is 1. The largest absolute Gasteiger partial charge is 0.495 e. The van der Waals surface area contributed by atoms with Gasteiger partial charge in [0.05, 0.1) is 31.9 Å². The standard InChI is InChI=1S/C16H20N4O3/c1-22-14-5-2-6-17-13(14)10-18-16(21)12-4-3-7-23-15(12)11-8-19-20-9-11/h2,5-6,8-9,12,15H,3-4,7,10H2,1H3,(H,18,21)(H,19,20)/t12-,15+/m1/s1. The van der Waals surface area contributed by atoms with Gasteiger partial charge >= 0.3 is 0 Å². The number of H-pyrrole nitrogens is 1. The Bertz CT molecular complexity index is 645. The molecule has 1 aliphatic rings. The summed E-state index contributed by atoms with van der Waals surface area (Å²) in [5.74, 6) is 0.402. The lowest BCUT2D eigenvalue weighted by Gasteiger charge is -2.30. The number of aromatic amines is 1. The summed E-state index contributed by atoms with van der Waals surface area (Å²) < 4.78 is 11.0. The third kappa shape index (κ3) is 3.50. The molecule has 0 saturated carbocycles. The van der Waals surface area contributed by atoms with Crippen LogP contribution in [0.25, 0.3) is 0 Å². The van der Waals surface area contributed by atoms with Crippen LogP contribution in [0.5, 0.6) is 5.75 Å². The molecule has 1 amide bonds. The van der Waals surface area contributed by atoms with Crippen LogP contribution in [0.2, 0.25) is 0 Å². The SMILES string of the molecule is COc1cccnc1CNC(=O)[C@@H]1CCCO[C@H]1c1cn[nH]c1. The van der Waals surface area contributed by atoms with E-state index < -0.39 is 0 Å². The molecule has 0 bridgehead atoms. The zero-order valence-electron chi connectivity index (χ0n) is 13.0. The van der Waals surface area contributed by atoms with Crippen LogP contribution in [-0.4, -0.2) is 34.8 Å². The van der Waals surface area contributed by atoms with E-state index in [-0.39, 0.29) is 17.9 Å². The molecule has 0 aromatic carbocycles. The molecule has 7 nitrogen and oxygen atoms in total. The lowest BCUT2D eigenvalue weighted by molar-refractivity contribution is -0.134. The molecule has 23 heavy (non-hydrogen) atoms. The minimum Gasteiger partial charge on any atom is -0.495 e. The molecule has 2 atom stereocenters. The fourth-order valence-electron chi connectivity index (χ4n) is 2.84. The molecule has 7 heteroatoms. The molecule has 1 aliphatic heterocycles. The fourth-order valence-corrected chi connectivity index (χ4v) is 2.84. The maximum Gasteiger partial charge on any atom is 0.226 e. The molecule has 1 fully saturated rings. The molecule has 0 unspecified atom stereocenters. The van der Waals surface area contributed by atoms with E-state index in [2.05, 4.69) is 20.5 Å². The average Bonchev–Trinajstić information content (AvgIpc) is 3.14. The van der Waals surface area contributed by atoms with Crippen molar-refractivity contribution in [3.8, 4) is 5.75 Å². The number of hydrogen-bond donors (Lipinski definition) is 2. The van der Waals surface area contributed by atoms with E-state index in [1.807, 2.05) is 6.07 Å². The van der Waals surface area contributed by atoms with E-state index in [1.54, 1.807) is 31.8 Å². The first kappa shape index (κ1) is 15.5. The van der Waals surface area contributed by atoms with Gasteiger partial charge in [-0.1, -0.05) is 0 Å². The van der Waals surface area contributed by atoms with Crippen LogP contribution in [0.1, 0.15) is 30.2 Å². The van der Waals surface area contributed by atoms with Gasteiger partial charge in [-0.3, -0.25) is 14.9 Å². The number of aromatic nitrogens is 3. The van der Waals surface area contributed by atoms with Crippen molar-refractivity contribution in [3.05, 3.63) is 42.0 Å². The van der Waals surface area contributed by atoms with Crippen LogP contribution in [0.4, 0.5) is 0 Å². The Labute approximate surface area is 134 Å². The number of rotatable bonds is 5. The fraction of sp³-hybridized carbons (Fsp3) is 0.438. The number of pyridine rings is 1. The van der Waals surface area contributed by atoms with Crippen LogP contribution in [-0.2, 0) is 16.1 Å². The average molecular weight is 316 g/mol. The molecule has 0 radical (unpaired) electrons. The summed E-state index contributed by atoms with van der Waals surface area (Å²) >= 11 is 0. The highest BCUT2D eigenvalue weighted by Gasteiger charge is 2.33. The normalized spacial score (nSPS) is 20.9. The lowest BCUT2D eigenvalue weighted by Crippen LogP contribution is -2.37. The van der Waals surface area contributed by atoms with E-state index in [4.69, 9.17) is 9.47 Å². The van der Waals surface area contributed by atoms with E-state index in [0.717, 1.165) is 18.4 Å². The minimum atomic E-state index is -0.256. The monoisotopic (exact) mass is 316 g/mol. The number of ether oxygens (including phenoxy) is 2. The third-order valence-electron chi connectivity index (χ3n) is 4.01. The first-order valence-electron chi connectivity index (χ1n) is 7.65. The third-order valence-corrected chi connectivity index (χ3v) is 4.01. The Morgan fingerprint density at radius 2 is 2.48 bits per heavy atom. The number of amides is 1. The topological polar surface area (TPSA) is 89.1 Å². The Morgan fingerprint density at radius 3 is 3.26 bits per heavy atom. The molecule has 1 saturated heterocycles. The summed E-state index contributed by atoms with van der Waals surface area (Å²) in [6.45, 7) is 0.991. The van der Waals surface area contributed by atoms with Crippen molar-refractivity contribution in [2.24, 2.45) is 5.92 Å². The first-order chi connectivity index (χ1) is 11.3. The summed E-state index contributed by atoms with van der Waals surface area (Å²) in [6, 6.07) is 3.63. The molecule has 2 aromatic rings. The second-order valence-corrected chi connectivity index (χ2v) is 5.44.